The molecule has 1 aliphatic heterocycles. The van der Waals surface area contributed by atoms with Crippen molar-refractivity contribution in [2.75, 3.05) is 13.2 Å². The third-order valence-electron chi connectivity index (χ3n) is 3.25. The van der Waals surface area contributed by atoms with Crippen molar-refractivity contribution in [2.24, 2.45) is 5.73 Å². The molecule has 0 saturated carbocycles. The Labute approximate surface area is 106 Å². The first kappa shape index (κ1) is 11.6. The Hall–Kier alpha value is -1.49. The number of ether oxygens (including phenoxy) is 2. The number of pyridine rings is 1. The summed E-state index contributed by atoms with van der Waals surface area (Å²) in [7, 11) is 0. The van der Waals surface area contributed by atoms with Crippen molar-refractivity contribution < 1.29 is 9.47 Å². The summed E-state index contributed by atoms with van der Waals surface area (Å²) in [4.78, 5) is 4.17. The summed E-state index contributed by atoms with van der Waals surface area (Å²) in [5, 5.41) is 2.26. The number of fused-ring (bicyclic) bond motifs is 1. The van der Waals surface area contributed by atoms with E-state index >= 15 is 0 Å². The Bertz CT molecular complexity index is 533. The molecule has 0 aliphatic carbocycles. The molecule has 2 aromatic rings. The van der Waals surface area contributed by atoms with Gasteiger partial charge in [-0.15, -0.1) is 0 Å². The number of hydrogen-bond acceptors (Lipinski definition) is 4. The molecular weight excluding hydrogens is 228 g/mol. The van der Waals surface area contributed by atoms with Crippen LogP contribution in [-0.2, 0) is 9.47 Å². The first-order chi connectivity index (χ1) is 8.84. The van der Waals surface area contributed by atoms with Gasteiger partial charge in [-0.05, 0) is 17.0 Å². The summed E-state index contributed by atoms with van der Waals surface area (Å²) in [5.41, 5.74) is 7.35. The highest BCUT2D eigenvalue weighted by molar-refractivity contribution is 5.85. The largest absolute Gasteiger partial charge is 0.350 e. The van der Waals surface area contributed by atoms with Gasteiger partial charge in [0.1, 0.15) is 0 Å². The molecule has 1 fully saturated rings. The molecule has 94 valence electrons. The summed E-state index contributed by atoms with van der Waals surface area (Å²) in [6.45, 7) is 1.32. The zero-order valence-electron chi connectivity index (χ0n) is 10.1. The summed E-state index contributed by atoms with van der Waals surface area (Å²) >= 11 is 0. The van der Waals surface area contributed by atoms with Crippen molar-refractivity contribution in [1.29, 1.82) is 0 Å². The number of nitrogens with zero attached hydrogens (tertiary/aromatic N) is 1. The van der Waals surface area contributed by atoms with E-state index in [1.807, 2.05) is 24.4 Å². The summed E-state index contributed by atoms with van der Waals surface area (Å²) in [6.07, 6.45) is 4.15. The van der Waals surface area contributed by atoms with E-state index in [4.69, 9.17) is 15.2 Å². The van der Waals surface area contributed by atoms with Crippen LogP contribution in [0.2, 0.25) is 0 Å². The van der Waals surface area contributed by atoms with Crippen LogP contribution in [0.4, 0.5) is 0 Å². The smallest absolute Gasteiger partial charge is 0.159 e. The lowest BCUT2D eigenvalue weighted by atomic mass is 9.98. The average Bonchev–Trinajstić information content (AvgIpc) is 2.91. The van der Waals surface area contributed by atoms with E-state index in [9.17, 15) is 0 Å². The van der Waals surface area contributed by atoms with Gasteiger partial charge < -0.3 is 15.2 Å². The van der Waals surface area contributed by atoms with Crippen molar-refractivity contribution in [3.63, 3.8) is 0 Å². The lowest BCUT2D eigenvalue weighted by Crippen LogP contribution is -2.19. The maximum atomic E-state index is 6.25. The van der Waals surface area contributed by atoms with Crippen LogP contribution in [-0.4, -0.2) is 24.5 Å². The van der Waals surface area contributed by atoms with Crippen LogP contribution in [0.25, 0.3) is 10.8 Å². The lowest BCUT2D eigenvalue weighted by molar-refractivity contribution is -0.0506. The van der Waals surface area contributed by atoms with Gasteiger partial charge in [0.05, 0.1) is 13.2 Å². The summed E-state index contributed by atoms with van der Waals surface area (Å²) in [6, 6.07) is 8.03. The van der Waals surface area contributed by atoms with Crippen LogP contribution >= 0.6 is 0 Å². The van der Waals surface area contributed by atoms with Crippen LogP contribution in [0.5, 0.6) is 0 Å². The molecule has 0 spiro atoms. The highest BCUT2D eigenvalue weighted by Crippen LogP contribution is 2.26. The zero-order valence-corrected chi connectivity index (χ0v) is 10.1. The number of benzene rings is 1. The summed E-state index contributed by atoms with van der Waals surface area (Å²) in [5.74, 6) is 0. The molecule has 1 aromatic carbocycles. The molecule has 18 heavy (non-hydrogen) atoms. The molecule has 3 rings (SSSR count). The van der Waals surface area contributed by atoms with Gasteiger partial charge in [0.2, 0.25) is 0 Å². The molecule has 0 amide bonds. The third kappa shape index (κ3) is 2.22. The highest BCUT2D eigenvalue weighted by atomic mass is 16.7. The molecule has 1 saturated heterocycles. The van der Waals surface area contributed by atoms with Crippen LogP contribution in [0.1, 0.15) is 18.0 Å². The number of nitrogens with two attached hydrogens (primary N) is 1. The fraction of sp³-hybridized carbons (Fsp3) is 0.357. The average molecular weight is 244 g/mol. The van der Waals surface area contributed by atoms with Crippen LogP contribution in [0.15, 0.2) is 36.7 Å². The van der Waals surface area contributed by atoms with Gasteiger partial charge in [0.25, 0.3) is 0 Å². The van der Waals surface area contributed by atoms with Gasteiger partial charge in [0, 0.05) is 30.2 Å². The van der Waals surface area contributed by atoms with Crippen molar-refractivity contribution in [3.05, 3.63) is 42.2 Å². The van der Waals surface area contributed by atoms with E-state index in [-0.39, 0.29) is 12.3 Å². The minimum absolute atomic E-state index is 0.0963. The Morgan fingerprint density at radius 2 is 2.11 bits per heavy atom. The van der Waals surface area contributed by atoms with Crippen LogP contribution in [0, 0.1) is 0 Å². The summed E-state index contributed by atoms with van der Waals surface area (Å²) < 4.78 is 10.9. The Morgan fingerprint density at radius 1 is 1.28 bits per heavy atom. The van der Waals surface area contributed by atoms with Crippen molar-refractivity contribution in [1.82, 2.24) is 4.98 Å². The third-order valence-corrected chi connectivity index (χ3v) is 3.25. The first-order valence-electron chi connectivity index (χ1n) is 6.16. The molecule has 2 heterocycles. The number of hydrogen-bond donors (Lipinski definition) is 1. The molecule has 4 nitrogen and oxygen atoms in total. The fourth-order valence-electron chi connectivity index (χ4n) is 2.34. The van der Waals surface area contributed by atoms with E-state index < -0.39 is 0 Å². The van der Waals surface area contributed by atoms with Gasteiger partial charge in [-0.1, -0.05) is 18.2 Å². The normalized spacial score (nSPS) is 18.3. The molecule has 0 radical (unpaired) electrons. The molecule has 2 N–H and O–H groups in total. The topological polar surface area (TPSA) is 57.4 Å². The zero-order chi connectivity index (χ0) is 12.4. The molecule has 1 atom stereocenters. The monoisotopic (exact) mass is 244 g/mol. The lowest BCUT2D eigenvalue weighted by Gasteiger charge is -2.17. The first-order valence-corrected chi connectivity index (χ1v) is 6.16. The predicted molar refractivity (Wildman–Crippen MR) is 69.0 cm³/mol. The molecule has 0 bridgehead atoms. The second-order valence-electron chi connectivity index (χ2n) is 4.46. The van der Waals surface area contributed by atoms with Crippen molar-refractivity contribution >= 4 is 10.8 Å². The van der Waals surface area contributed by atoms with Gasteiger partial charge >= 0.3 is 0 Å². The Kier molecular flexibility index (Phi) is 3.23. The number of aromatic nitrogens is 1. The number of rotatable bonds is 3. The molecule has 4 heteroatoms. The van der Waals surface area contributed by atoms with Crippen LogP contribution in [0.3, 0.4) is 0 Å². The maximum Gasteiger partial charge on any atom is 0.159 e. The van der Waals surface area contributed by atoms with Gasteiger partial charge in [-0.3, -0.25) is 4.98 Å². The Morgan fingerprint density at radius 3 is 2.94 bits per heavy atom. The van der Waals surface area contributed by atoms with E-state index in [1.165, 1.54) is 0 Å². The quantitative estimate of drug-likeness (QED) is 0.897. The van der Waals surface area contributed by atoms with E-state index in [0.717, 1.165) is 16.3 Å². The minimum atomic E-state index is -0.174. The standard InChI is InChI=1S/C14H16N2O2/c15-13(8-14-17-6-7-18-14)11-3-1-2-10-4-5-16-9-12(10)11/h1-5,9,13-14H,6-8,15H2. The second kappa shape index (κ2) is 5.02. The van der Waals surface area contributed by atoms with Crippen LogP contribution < -0.4 is 5.73 Å². The fourth-order valence-corrected chi connectivity index (χ4v) is 2.34. The minimum Gasteiger partial charge on any atom is -0.350 e. The van der Waals surface area contributed by atoms with E-state index in [1.54, 1.807) is 6.20 Å². The van der Waals surface area contributed by atoms with E-state index in [2.05, 4.69) is 11.1 Å². The molecule has 1 unspecified atom stereocenters. The van der Waals surface area contributed by atoms with Gasteiger partial charge in [-0.2, -0.15) is 0 Å². The Balaban J connectivity index is 1.88. The van der Waals surface area contributed by atoms with E-state index in [0.29, 0.717) is 19.6 Å². The van der Waals surface area contributed by atoms with Crippen molar-refractivity contribution in [3.8, 4) is 0 Å². The molecular formula is C14H16N2O2. The molecule has 1 aromatic heterocycles. The van der Waals surface area contributed by atoms with Gasteiger partial charge in [0.15, 0.2) is 6.29 Å². The second-order valence-corrected chi connectivity index (χ2v) is 4.46. The highest BCUT2D eigenvalue weighted by Gasteiger charge is 2.21. The molecule has 1 aliphatic rings. The van der Waals surface area contributed by atoms with Crippen molar-refractivity contribution in [2.45, 2.75) is 18.8 Å². The van der Waals surface area contributed by atoms with Gasteiger partial charge in [-0.25, -0.2) is 0 Å². The maximum absolute atomic E-state index is 6.25. The predicted octanol–water partition coefficient (Wildman–Crippen LogP) is 2.00. The SMILES string of the molecule is NC(CC1OCCO1)c1cccc2ccncc12.